The molecule has 0 bridgehead atoms. The minimum Gasteiger partial charge on any atom is -0.352 e. The maximum atomic E-state index is 14.6. The van der Waals surface area contributed by atoms with Gasteiger partial charge in [0.1, 0.15) is 0 Å². The van der Waals surface area contributed by atoms with Gasteiger partial charge < -0.3 is 10.2 Å². The SMILES string of the molecule is CCC(C)(C)N(C)c1nccc(CNC(C)(C)C)c1F. The van der Waals surface area contributed by atoms with E-state index < -0.39 is 0 Å². The highest BCUT2D eigenvalue weighted by molar-refractivity contribution is 5.44. The Morgan fingerprint density at radius 2 is 1.85 bits per heavy atom. The summed E-state index contributed by atoms with van der Waals surface area (Å²) in [4.78, 5) is 6.14. The van der Waals surface area contributed by atoms with Gasteiger partial charge in [0.05, 0.1) is 0 Å². The molecule has 0 saturated heterocycles. The lowest BCUT2D eigenvalue weighted by Gasteiger charge is -2.36. The standard InChI is InChI=1S/C16H28FN3/c1-8-16(5,6)20(7)14-13(17)12(9-10-18-14)11-19-15(2,3)4/h9-10,19H,8,11H2,1-7H3. The van der Waals surface area contributed by atoms with Crippen LogP contribution in [0.4, 0.5) is 10.2 Å². The van der Waals surface area contributed by atoms with Crippen LogP contribution in [0.3, 0.4) is 0 Å². The summed E-state index contributed by atoms with van der Waals surface area (Å²) in [6.45, 7) is 13.0. The fraction of sp³-hybridized carbons (Fsp3) is 0.688. The highest BCUT2D eigenvalue weighted by Crippen LogP contribution is 2.26. The lowest BCUT2D eigenvalue weighted by molar-refractivity contribution is 0.416. The number of hydrogen-bond acceptors (Lipinski definition) is 3. The van der Waals surface area contributed by atoms with E-state index in [0.29, 0.717) is 17.9 Å². The lowest BCUT2D eigenvalue weighted by atomic mass is 9.99. The second-order valence-corrected chi connectivity index (χ2v) is 6.94. The number of hydrogen-bond donors (Lipinski definition) is 1. The van der Waals surface area contributed by atoms with Crippen LogP contribution in [-0.2, 0) is 6.54 Å². The highest BCUT2D eigenvalue weighted by atomic mass is 19.1. The minimum absolute atomic E-state index is 0.0372. The maximum absolute atomic E-state index is 14.6. The fourth-order valence-corrected chi connectivity index (χ4v) is 1.73. The summed E-state index contributed by atoms with van der Waals surface area (Å²) in [6, 6.07) is 1.74. The Morgan fingerprint density at radius 3 is 2.35 bits per heavy atom. The van der Waals surface area contributed by atoms with Crippen molar-refractivity contribution in [3.63, 3.8) is 0 Å². The molecule has 0 aliphatic heterocycles. The van der Waals surface area contributed by atoms with Gasteiger partial charge in [-0.05, 0) is 47.1 Å². The molecule has 3 nitrogen and oxygen atoms in total. The summed E-state index contributed by atoms with van der Waals surface area (Å²) >= 11 is 0. The van der Waals surface area contributed by atoms with Gasteiger partial charge in [-0.3, -0.25) is 0 Å². The first kappa shape index (κ1) is 16.9. The fourth-order valence-electron chi connectivity index (χ4n) is 1.73. The summed E-state index contributed by atoms with van der Waals surface area (Å²) in [5.41, 5.74) is 0.498. The molecular weight excluding hydrogens is 253 g/mol. The van der Waals surface area contributed by atoms with Crippen LogP contribution in [0.15, 0.2) is 12.3 Å². The van der Waals surface area contributed by atoms with E-state index in [0.717, 1.165) is 6.42 Å². The van der Waals surface area contributed by atoms with Crippen LogP contribution in [0.25, 0.3) is 0 Å². The molecule has 0 atom stereocenters. The Hall–Kier alpha value is -1.16. The number of anilines is 1. The predicted octanol–water partition coefficient (Wildman–Crippen LogP) is 3.73. The molecule has 114 valence electrons. The number of rotatable bonds is 5. The summed E-state index contributed by atoms with van der Waals surface area (Å²) in [7, 11) is 1.90. The van der Waals surface area contributed by atoms with Gasteiger partial charge in [0.2, 0.25) is 0 Å². The molecule has 1 aromatic rings. The van der Waals surface area contributed by atoms with E-state index in [1.54, 1.807) is 12.3 Å². The Kier molecular flexibility index (Phi) is 5.14. The zero-order chi connectivity index (χ0) is 15.6. The zero-order valence-corrected chi connectivity index (χ0v) is 13.8. The maximum Gasteiger partial charge on any atom is 0.170 e. The number of pyridine rings is 1. The third-order valence-corrected chi connectivity index (χ3v) is 3.85. The highest BCUT2D eigenvalue weighted by Gasteiger charge is 2.25. The average Bonchev–Trinajstić information content (AvgIpc) is 2.35. The topological polar surface area (TPSA) is 28.2 Å². The van der Waals surface area contributed by atoms with Crippen LogP contribution < -0.4 is 10.2 Å². The van der Waals surface area contributed by atoms with Gasteiger partial charge in [-0.25, -0.2) is 9.37 Å². The molecule has 20 heavy (non-hydrogen) atoms. The molecule has 0 amide bonds. The van der Waals surface area contributed by atoms with Crippen molar-refractivity contribution >= 4 is 5.82 Å². The Balaban J connectivity index is 3.01. The molecule has 1 heterocycles. The normalized spacial score (nSPS) is 12.6. The van der Waals surface area contributed by atoms with Gasteiger partial charge in [-0.1, -0.05) is 6.92 Å². The van der Waals surface area contributed by atoms with Crippen molar-refractivity contribution in [1.82, 2.24) is 10.3 Å². The Labute approximate surface area is 122 Å². The van der Waals surface area contributed by atoms with Crippen LogP contribution in [0.1, 0.15) is 53.5 Å². The van der Waals surface area contributed by atoms with Crippen LogP contribution in [-0.4, -0.2) is 23.1 Å². The van der Waals surface area contributed by atoms with Gasteiger partial charge in [0.25, 0.3) is 0 Å². The second-order valence-electron chi connectivity index (χ2n) is 6.94. The van der Waals surface area contributed by atoms with Crippen molar-refractivity contribution in [1.29, 1.82) is 0 Å². The largest absolute Gasteiger partial charge is 0.352 e. The summed E-state index contributed by atoms with van der Waals surface area (Å²) in [5.74, 6) is 0.193. The van der Waals surface area contributed by atoms with Crippen LogP contribution in [0, 0.1) is 5.82 Å². The van der Waals surface area contributed by atoms with E-state index in [9.17, 15) is 4.39 Å². The first-order chi connectivity index (χ1) is 9.08. The van der Waals surface area contributed by atoms with E-state index in [1.165, 1.54) is 0 Å². The van der Waals surface area contributed by atoms with Crippen molar-refractivity contribution in [3.8, 4) is 0 Å². The molecule has 1 rings (SSSR count). The molecular formula is C16H28FN3. The number of nitrogens with zero attached hydrogens (tertiary/aromatic N) is 2. The van der Waals surface area contributed by atoms with Gasteiger partial charge in [0, 0.05) is 36.4 Å². The molecule has 0 radical (unpaired) electrons. The van der Waals surface area contributed by atoms with Gasteiger partial charge in [0.15, 0.2) is 11.6 Å². The Morgan fingerprint density at radius 1 is 1.25 bits per heavy atom. The molecule has 1 aromatic heterocycles. The molecule has 0 unspecified atom stereocenters. The predicted molar refractivity (Wildman–Crippen MR) is 83.6 cm³/mol. The van der Waals surface area contributed by atoms with Crippen LogP contribution in [0.2, 0.25) is 0 Å². The van der Waals surface area contributed by atoms with Crippen molar-refractivity contribution in [2.75, 3.05) is 11.9 Å². The Bertz CT molecular complexity index is 450. The summed E-state index contributed by atoms with van der Waals surface area (Å²) in [6.07, 6.45) is 2.61. The van der Waals surface area contributed by atoms with Crippen LogP contribution in [0.5, 0.6) is 0 Å². The quantitative estimate of drug-likeness (QED) is 0.891. The second kappa shape index (κ2) is 6.08. The molecule has 0 aromatic carbocycles. The van der Waals surface area contributed by atoms with Crippen molar-refractivity contribution in [3.05, 3.63) is 23.6 Å². The minimum atomic E-state index is -0.228. The van der Waals surface area contributed by atoms with Gasteiger partial charge in [-0.15, -0.1) is 0 Å². The van der Waals surface area contributed by atoms with Crippen molar-refractivity contribution in [2.45, 2.75) is 65.6 Å². The summed E-state index contributed by atoms with van der Waals surface area (Å²) in [5, 5.41) is 3.31. The number of halogens is 1. The molecule has 0 aliphatic rings. The molecule has 1 N–H and O–H groups in total. The molecule has 0 fully saturated rings. The first-order valence-corrected chi connectivity index (χ1v) is 7.20. The van der Waals surface area contributed by atoms with Gasteiger partial charge in [-0.2, -0.15) is 0 Å². The average molecular weight is 281 g/mol. The smallest absolute Gasteiger partial charge is 0.170 e. The van der Waals surface area contributed by atoms with Crippen molar-refractivity contribution in [2.24, 2.45) is 0 Å². The third kappa shape index (κ3) is 4.17. The monoisotopic (exact) mass is 281 g/mol. The van der Waals surface area contributed by atoms with E-state index in [1.807, 2.05) is 11.9 Å². The van der Waals surface area contributed by atoms with E-state index in [-0.39, 0.29) is 16.9 Å². The third-order valence-electron chi connectivity index (χ3n) is 3.85. The van der Waals surface area contributed by atoms with Crippen molar-refractivity contribution < 1.29 is 4.39 Å². The van der Waals surface area contributed by atoms with E-state index in [2.05, 4.69) is 51.8 Å². The van der Waals surface area contributed by atoms with Gasteiger partial charge >= 0.3 is 0 Å². The number of aromatic nitrogens is 1. The zero-order valence-electron chi connectivity index (χ0n) is 13.8. The molecule has 0 aliphatic carbocycles. The first-order valence-electron chi connectivity index (χ1n) is 7.20. The van der Waals surface area contributed by atoms with Crippen LogP contribution >= 0.6 is 0 Å². The van der Waals surface area contributed by atoms with E-state index >= 15 is 0 Å². The molecule has 0 saturated carbocycles. The summed E-state index contributed by atoms with van der Waals surface area (Å²) < 4.78 is 14.6. The number of nitrogens with one attached hydrogen (secondary N) is 1. The lowest BCUT2D eigenvalue weighted by Crippen LogP contribution is -2.42. The van der Waals surface area contributed by atoms with E-state index in [4.69, 9.17) is 0 Å². The molecule has 4 heteroatoms. The molecule has 0 spiro atoms.